The van der Waals surface area contributed by atoms with Gasteiger partial charge in [-0.3, -0.25) is 4.79 Å². The largest absolute Gasteiger partial charge is 0.461 e. The molecule has 0 amide bonds. The van der Waals surface area contributed by atoms with Crippen LogP contribution in [0.15, 0.2) is 23.5 Å². The second kappa shape index (κ2) is 8.00. The first-order chi connectivity index (χ1) is 11.3. The molecule has 2 nitrogen and oxygen atoms in total. The van der Waals surface area contributed by atoms with E-state index in [2.05, 4.69) is 46.8 Å². The predicted molar refractivity (Wildman–Crippen MR) is 101 cm³/mol. The fraction of sp³-hybridized carbons (Fsp3) is 0.591. The molecule has 0 atom stereocenters. The molecule has 0 spiro atoms. The monoisotopic (exact) mass is 328 g/mol. The lowest BCUT2D eigenvalue weighted by Crippen LogP contribution is -2.17. The van der Waals surface area contributed by atoms with Crippen molar-refractivity contribution in [2.24, 2.45) is 0 Å². The van der Waals surface area contributed by atoms with Crippen LogP contribution in [0.1, 0.15) is 95.8 Å². The van der Waals surface area contributed by atoms with Gasteiger partial charge in [0.2, 0.25) is 0 Å². The van der Waals surface area contributed by atoms with Gasteiger partial charge in [0.15, 0.2) is 5.78 Å². The Bertz CT molecular complexity index is 636. The van der Waals surface area contributed by atoms with E-state index in [0.717, 1.165) is 29.9 Å². The lowest BCUT2D eigenvalue weighted by atomic mass is 9.87. The van der Waals surface area contributed by atoms with Gasteiger partial charge in [-0.1, -0.05) is 59.6 Å². The Morgan fingerprint density at radius 1 is 1.12 bits per heavy atom. The Morgan fingerprint density at radius 3 is 2.38 bits per heavy atom. The normalized spacial score (nSPS) is 14.2. The first-order valence-electron chi connectivity index (χ1n) is 9.42. The van der Waals surface area contributed by atoms with Crippen molar-refractivity contribution in [3.05, 3.63) is 40.2 Å². The lowest BCUT2D eigenvalue weighted by molar-refractivity contribution is -0.113. The van der Waals surface area contributed by atoms with E-state index in [9.17, 15) is 4.79 Å². The zero-order valence-corrected chi connectivity index (χ0v) is 16.2. The third kappa shape index (κ3) is 4.09. The van der Waals surface area contributed by atoms with Crippen LogP contribution < -0.4 is 4.74 Å². The average molecular weight is 328 g/mol. The van der Waals surface area contributed by atoms with Crippen LogP contribution >= 0.6 is 0 Å². The summed E-state index contributed by atoms with van der Waals surface area (Å²) in [5.74, 6) is 2.94. The van der Waals surface area contributed by atoms with Crippen molar-refractivity contribution in [2.75, 3.05) is 0 Å². The van der Waals surface area contributed by atoms with Crippen molar-refractivity contribution in [1.82, 2.24) is 0 Å². The number of allylic oxidation sites excluding steroid dienone is 2. The Balaban J connectivity index is 2.44. The third-order valence-electron chi connectivity index (χ3n) is 4.87. The van der Waals surface area contributed by atoms with Crippen LogP contribution in [-0.2, 0) is 11.2 Å². The fourth-order valence-corrected chi connectivity index (χ4v) is 3.29. The van der Waals surface area contributed by atoms with Crippen molar-refractivity contribution in [3.63, 3.8) is 0 Å². The molecule has 1 aliphatic heterocycles. The van der Waals surface area contributed by atoms with E-state index in [-0.39, 0.29) is 5.78 Å². The highest BCUT2D eigenvalue weighted by Gasteiger charge is 2.26. The summed E-state index contributed by atoms with van der Waals surface area (Å²) in [4.78, 5) is 12.2. The van der Waals surface area contributed by atoms with E-state index in [1.165, 1.54) is 29.5 Å². The van der Waals surface area contributed by atoms with Gasteiger partial charge in [0.1, 0.15) is 11.5 Å². The standard InChI is InChI=1S/C22H32O2/c1-7-8-9-10-21-20(16(6)23)13-18-11-17(14(2)3)12-19(15(4)5)22(18)24-21/h11-12,14-15H,7-10,13H2,1-6H3. The molecular weight excluding hydrogens is 296 g/mol. The van der Waals surface area contributed by atoms with Crippen molar-refractivity contribution in [3.8, 4) is 5.75 Å². The van der Waals surface area contributed by atoms with Gasteiger partial charge < -0.3 is 4.74 Å². The van der Waals surface area contributed by atoms with Gasteiger partial charge in [0.05, 0.1) is 0 Å². The van der Waals surface area contributed by atoms with E-state index in [1.807, 2.05) is 0 Å². The third-order valence-corrected chi connectivity index (χ3v) is 4.87. The summed E-state index contributed by atoms with van der Waals surface area (Å²) in [6, 6.07) is 4.52. The Hall–Kier alpha value is -1.57. The first kappa shape index (κ1) is 18.8. The summed E-state index contributed by atoms with van der Waals surface area (Å²) in [6.45, 7) is 12.7. The molecule has 1 aromatic rings. The number of ketones is 1. The number of hydrogen-bond donors (Lipinski definition) is 0. The number of benzene rings is 1. The maximum absolute atomic E-state index is 12.2. The van der Waals surface area contributed by atoms with Crippen molar-refractivity contribution in [2.45, 2.75) is 85.5 Å². The molecule has 0 unspecified atom stereocenters. The summed E-state index contributed by atoms with van der Waals surface area (Å²) in [5.41, 5.74) is 4.65. The molecule has 1 heterocycles. The van der Waals surface area contributed by atoms with Gasteiger partial charge in [-0.15, -0.1) is 0 Å². The summed E-state index contributed by atoms with van der Waals surface area (Å²) in [6.07, 6.45) is 5.01. The smallest absolute Gasteiger partial charge is 0.159 e. The van der Waals surface area contributed by atoms with Crippen LogP contribution in [0.3, 0.4) is 0 Å². The van der Waals surface area contributed by atoms with E-state index in [1.54, 1.807) is 6.92 Å². The molecule has 0 aliphatic carbocycles. The minimum atomic E-state index is 0.146. The quantitative estimate of drug-likeness (QED) is 0.550. The van der Waals surface area contributed by atoms with Crippen LogP contribution in [0.25, 0.3) is 0 Å². The second-order valence-corrected chi connectivity index (χ2v) is 7.60. The minimum absolute atomic E-state index is 0.146. The second-order valence-electron chi connectivity index (χ2n) is 7.60. The van der Waals surface area contributed by atoms with Gasteiger partial charge in [0.25, 0.3) is 0 Å². The molecule has 0 bridgehead atoms. The van der Waals surface area contributed by atoms with E-state index in [0.29, 0.717) is 18.3 Å². The highest BCUT2D eigenvalue weighted by molar-refractivity contribution is 5.94. The molecule has 2 rings (SSSR count). The molecule has 0 radical (unpaired) electrons. The molecular formula is C22H32O2. The number of unbranched alkanes of at least 4 members (excludes halogenated alkanes) is 2. The number of carbonyl (C=O) groups excluding carboxylic acids is 1. The Kier molecular flexibility index (Phi) is 6.26. The molecule has 0 saturated carbocycles. The Morgan fingerprint density at radius 2 is 1.83 bits per heavy atom. The minimum Gasteiger partial charge on any atom is -0.461 e. The molecule has 0 aromatic heterocycles. The highest BCUT2D eigenvalue weighted by atomic mass is 16.5. The first-order valence-corrected chi connectivity index (χ1v) is 9.42. The summed E-state index contributed by atoms with van der Waals surface area (Å²) in [5, 5.41) is 0. The molecule has 1 aliphatic rings. The van der Waals surface area contributed by atoms with Gasteiger partial charge in [-0.25, -0.2) is 0 Å². The van der Waals surface area contributed by atoms with Crippen LogP contribution in [0.4, 0.5) is 0 Å². The molecule has 24 heavy (non-hydrogen) atoms. The highest BCUT2D eigenvalue weighted by Crippen LogP contribution is 2.40. The van der Waals surface area contributed by atoms with E-state index in [4.69, 9.17) is 4.74 Å². The maximum atomic E-state index is 12.2. The fourth-order valence-electron chi connectivity index (χ4n) is 3.29. The zero-order chi connectivity index (χ0) is 17.9. The molecule has 2 heteroatoms. The van der Waals surface area contributed by atoms with Gasteiger partial charge >= 0.3 is 0 Å². The average Bonchev–Trinajstić information content (AvgIpc) is 2.52. The zero-order valence-electron chi connectivity index (χ0n) is 16.2. The Labute approximate surface area is 147 Å². The molecule has 0 N–H and O–H groups in total. The number of carbonyl (C=O) groups is 1. The molecule has 0 saturated heterocycles. The van der Waals surface area contributed by atoms with Crippen LogP contribution in [0.2, 0.25) is 0 Å². The van der Waals surface area contributed by atoms with Crippen molar-refractivity contribution < 1.29 is 9.53 Å². The van der Waals surface area contributed by atoms with E-state index >= 15 is 0 Å². The number of fused-ring (bicyclic) bond motifs is 1. The van der Waals surface area contributed by atoms with Crippen LogP contribution in [0, 0.1) is 0 Å². The van der Waals surface area contributed by atoms with Crippen LogP contribution in [-0.4, -0.2) is 5.78 Å². The number of rotatable bonds is 7. The van der Waals surface area contributed by atoms with Crippen LogP contribution in [0.5, 0.6) is 5.75 Å². The summed E-state index contributed by atoms with van der Waals surface area (Å²) in [7, 11) is 0. The van der Waals surface area contributed by atoms with E-state index < -0.39 is 0 Å². The number of hydrogen-bond acceptors (Lipinski definition) is 2. The van der Waals surface area contributed by atoms with Crippen molar-refractivity contribution in [1.29, 1.82) is 0 Å². The summed E-state index contributed by atoms with van der Waals surface area (Å²) < 4.78 is 6.34. The lowest BCUT2D eigenvalue weighted by Gasteiger charge is -2.27. The topological polar surface area (TPSA) is 26.3 Å². The van der Waals surface area contributed by atoms with Gasteiger partial charge in [0, 0.05) is 18.4 Å². The predicted octanol–water partition coefficient (Wildman–Crippen LogP) is 6.29. The molecule has 1 aromatic carbocycles. The van der Waals surface area contributed by atoms with Gasteiger partial charge in [-0.2, -0.15) is 0 Å². The molecule has 0 fully saturated rings. The SMILES string of the molecule is CCCCCC1=C(C(C)=O)Cc2cc(C(C)C)cc(C(C)C)c2O1. The van der Waals surface area contributed by atoms with Crippen molar-refractivity contribution >= 4 is 5.78 Å². The maximum Gasteiger partial charge on any atom is 0.159 e. The molecule has 132 valence electrons. The number of Topliss-reactive ketones (excluding diaryl/α,β-unsaturated/α-hetero) is 1. The summed E-state index contributed by atoms with van der Waals surface area (Å²) >= 11 is 0. The number of ether oxygens (including phenoxy) is 1. The van der Waals surface area contributed by atoms with Gasteiger partial charge in [-0.05, 0) is 41.9 Å².